The Morgan fingerprint density at radius 3 is 1.39 bits per heavy atom. The SMILES string of the molecule is C[CH]=[Zr]([C]1=C(C(C)(C)C)C=CC1)[C]1=C(C(C)(C)C)C=CC1.Cl.Cl. The van der Waals surface area contributed by atoms with Crippen LogP contribution in [0.1, 0.15) is 61.3 Å². The number of halogens is 2. The minimum Gasteiger partial charge on any atom is -0.147 e. The van der Waals surface area contributed by atoms with Gasteiger partial charge in [-0.2, -0.15) is 0 Å². The van der Waals surface area contributed by atoms with Crippen LogP contribution in [-0.4, -0.2) is 3.71 Å². The van der Waals surface area contributed by atoms with Gasteiger partial charge in [-0.1, -0.05) is 0 Å². The van der Waals surface area contributed by atoms with Gasteiger partial charge in [-0.05, 0) is 0 Å². The molecule has 0 atom stereocenters. The Kier molecular flexibility index (Phi) is 8.70. The summed E-state index contributed by atoms with van der Waals surface area (Å²) in [6.45, 7) is 16.5. The molecule has 23 heavy (non-hydrogen) atoms. The van der Waals surface area contributed by atoms with Crippen LogP contribution >= 0.6 is 24.8 Å². The van der Waals surface area contributed by atoms with Gasteiger partial charge in [0, 0.05) is 0 Å². The Morgan fingerprint density at radius 2 is 1.13 bits per heavy atom. The van der Waals surface area contributed by atoms with Crippen LogP contribution in [0.2, 0.25) is 0 Å². The second-order valence-electron chi connectivity index (χ2n) is 8.20. The van der Waals surface area contributed by atoms with Gasteiger partial charge in [-0.15, -0.1) is 24.8 Å². The predicted octanol–water partition coefficient (Wildman–Crippen LogP) is 6.79. The molecule has 0 fully saturated rings. The summed E-state index contributed by atoms with van der Waals surface area (Å²) in [7, 11) is 0. The minimum atomic E-state index is -1.80. The Bertz CT molecular complexity index is 538. The molecule has 0 heterocycles. The monoisotopic (exact) mass is 432 g/mol. The first-order valence-electron chi connectivity index (χ1n) is 8.13. The van der Waals surface area contributed by atoms with Crippen LogP contribution in [0.25, 0.3) is 0 Å². The zero-order valence-electron chi connectivity index (χ0n) is 15.6. The average molecular weight is 435 g/mol. The van der Waals surface area contributed by atoms with Gasteiger partial charge in [-0.25, -0.2) is 0 Å². The van der Waals surface area contributed by atoms with Crippen LogP contribution in [0.5, 0.6) is 0 Å². The van der Waals surface area contributed by atoms with Crippen molar-refractivity contribution in [2.75, 3.05) is 0 Å². The molecule has 3 heteroatoms. The van der Waals surface area contributed by atoms with E-state index in [0.29, 0.717) is 0 Å². The van der Waals surface area contributed by atoms with Crippen LogP contribution in [-0.2, 0) is 21.3 Å². The maximum absolute atomic E-state index is 2.60. The van der Waals surface area contributed by atoms with Crippen molar-refractivity contribution in [3.8, 4) is 0 Å². The fourth-order valence-corrected chi connectivity index (χ4v) is 11.4. The molecule has 0 saturated carbocycles. The summed E-state index contributed by atoms with van der Waals surface area (Å²) in [6.07, 6.45) is 12.0. The average Bonchev–Trinajstić information content (AvgIpc) is 2.96. The third kappa shape index (κ3) is 5.13. The number of allylic oxidation sites excluding steroid dienone is 8. The molecule has 2 rings (SSSR count). The molecule has 0 N–H and O–H groups in total. The van der Waals surface area contributed by atoms with Crippen molar-refractivity contribution in [1.29, 1.82) is 0 Å². The molecule has 0 bridgehead atoms. The van der Waals surface area contributed by atoms with Crippen molar-refractivity contribution >= 4 is 28.5 Å². The molecular formula is C20H32Cl2Zr. The summed E-state index contributed by atoms with van der Waals surface area (Å²) < 4.78 is 6.23. The van der Waals surface area contributed by atoms with Crippen LogP contribution in [0.15, 0.2) is 42.0 Å². The molecule has 0 aromatic rings. The third-order valence-corrected chi connectivity index (χ3v) is 11.4. The fraction of sp³-hybridized carbons (Fsp3) is 0.550. The van der Waals surface area contributed by atoms with Gasteiger partial charge in [-0.3, -0.25) is 0 Å². The summed E-state index contributed by atoms with van der Waals surface area (Å²) in [5.41, 5.74) is 3.82. The summed E-state index contributed by atoms with van der Waals surface area (Å²) in [5.74, 6) is 0. The van der Waals surface area contributed by atoms with Crippen molar-refractivity contribution < 1.29 is 21.3 Å². The van der Waals surface area contributed by atoms with E-state index in [9.17, 15) is 0 Å². The second-order valence-corrected chi connectivity index (χ2v) is 14.6. The largest absolute Gasteiger partial charge is 0.147 e. The molecule has 2 aliphatic rings. The van der Waals surface area contributed by atoms with Gasteiger partial charge >= 0.3 is 139 Å². The van der Waals surface area contributed by atoms with Gasteiger partial charge in [0.15, 0.2) is 0 Å². The zero-order chi connectivity index (χ0) is 15.8. The normalized spacial score (nSPS) is 17.3. The van der Waals surface area contributed by atoms with Crippen LogP contribution in [0.3, 0.4) is 0 Å². The summed E-state index contributed by atoms with van der Waals surface area (Å²) in [6, 6.07) is 0. The van der Waals surface area contributed by atoms with E-state index in [-0.39, 0.29) is 35.6 Å². The fourth-order valence-electron chi connectivity index (χ4n) is 3.46. The molecule has 2 aliphatic carbocycles. The minimum absolute atomic E-state index is 0. The Morgan fingerprint density at radius 1 is 0.783 bits per heavy atom. The summed E-state index contributed by atoms with van der Waals surface area (Å²) in [5, 5.41) is 0. The molecule has 0 spiro atoms. The Balaban J connectivity index is 0.00000242. The zero-order valence-corrected chi connectivity index (χ0v) is 19.7. The summed E-state index contributed by atoms with van der Waals surface area (Å²) >= 11 is -1.80. The molecule has 0 aromatic heterocycles. The van der Waals surface area contributed by atoms with Crippen LogP contribution in [0.4, 0.5) is 0 Å². The molecule has 0 aliphatic heterocycles. The van der Waals surface area contributed by atoms with Gasteiger partial charge in [0.25, 0.3) is 0 Å². The molecule has 0 unspecified atom stereocenters. The number of hydrogen-bond donors (Lipinski definition) is 0. The van der Waals surface area contributed by atoms with E-state index in [2.05, 4.69) is 76.5 Å². The number of rotatable bonds is 2. The van der Waals surface area contributed by atoms with Gasteiger partial charge < -0.3 is 0 Å². The standard InChI is InChI=1S/2C9H13.C2H4.2ClH.Zr/c2*1-9(2,3)8-6-4-5-7-8;1-2;;;/h2*4,6H,5H2,1-3H3;1H,2H3;2*1H;. The van der Waals surface area contributed by atoms with Crippen LogP contribution in [0, 0.1) is 10.8 Å². The van der Waals surface area contributed by atoms with E-state index >= 15 is 0 Å². The molecule has 0 radical (unpaired) electrons. The molecule has 0 nitrogen and oxygen atoms in total. The molecule has 130 valence electrons. The van der Waals surface area contributed by atoms with E-state index in [4.69, 9.17) is 0 Å². The van der Waals surface area contributed by atoms with Crippen molar-refractivity contribution in [3.63, 3.8) is 0 Å². The van der Waals surface area contributed by atoms with E-state index in [1.165, 1.54) is 12.8 Å². The molecule has 0 saturated heterocycles. The van der Waals surface area contributed by atoms with E-state index < -0.39 is 21.3 Å². The van der Waals surface area contributed by atoms with Crippen LogP contribution < -0.4 is 0 Å². The summed E-state index contributed by atoms with van der Waals surface area (Å²) in [4.78, 5) is 0. The maximum Gasteiger partial charge on any atom is -0.147 e. The predicted molar refractivity (Wildman–Crippen MR) is 107 cm³/mol. The Labute approximate surface area is 163 Å². The van der Waals surface area contributed by atoms with E-state index in [0.717, 1.165) is 0 Å². The molecule has 0 aromatic carbocycles. The van der Waals surface area contributed by atoms with Crippen molar-refractivity contribution in [2.24, 2.45) is 10.8 Å². The third-order valence-electron chi connectivity index (χ3n) is 4.42. The second kappa shape index (κ2) is 8.59. The first-order chi connectivity index (χ1) is 9.66. The smallest absolute Gasteiger partial charge is 0.147 e. The molecular weight excluding hydrogens is 402 g/mol. The topological polar surface area (TPSA) is 0 Å². The Hall–Kier alpha value is 0.293. The van der Waals surface area contributed by atoms with Crippen molar-refractivity contribution in [2.45, 2.75) is 61.3 Å². The first-order valence-corrected chi connectivity index (χ1v) is 12.0. The van der Waals surface area contributed by atoms with Gasteiger partial charge in [0.1, 0.15) is 0 Å². The molecule has 0 amide bonds. The van der Waals surface area contributed by atoms with E-state index in [1.807, 2.05) is 6.56 Å². The van der Waals surface area contributed by atoms with Crippen molar-refractivity contribution in [3.05, 3.63) is 42.0 Å². The van der Waals surface area contributed by atoms with Gasteiger partial charge in [0.2, 0.25) is 0 Å². The van der Waals surface area contributed by atoms with Crippen molar-refractivity contribution in [1.82, 2.24) is 0 Å². The van der Waals surface area contributed by atoms with Gasteiger partial charge in [0.05, 0.1) is 0 Å². The number of hydrogen-bond acceptors (Lipinski definition) is 0. The quantitative estimate of drug-likeness (QED) is 0.449. The maximum atomic E-state index is 2.60. The first kappa shape index (κ1) is 23.3. The van der Waals surface area contributed by atoms with E-state index in [1.54, 1.807) is 11.1 Å².